The molecule has 2 rings (SSSR count). The van der Waals surface area contributed by atoms with Crippen LogP contribution in [-0.4, -0.2) is 22.9 Å². The Hall–Kier alpha value is -1.89. The Morgan fingerprint density at radius 3 is 2.62 bits per heavy atom. The summed E-state index contributed by atoms with van der Waals surface area (Å²) in [5.41, 5.74) is 3.40. The molecule has 0 radical (unpaired) electrons. The quantitative estimate of drug-likeness (QED) is 0.922. The van der Waals surface area contributed by atoms with Crippen LogP contribution in [0, 0.1) is 13.8 Å². The van der Waals surface area contributed by atoms with E-state index in [2.05, 4.69) is 15.5 Å². The molecule has 0 saturated heterocycles. The third-order valence-electron chi connectivity index (χ3n) is 3.05. The topological polar surface area (TPSA) is 51.0 Å². The lowest BCUT2D eigenvalue weighted by Crippen LogP contribution is -2.28. The summed E-state index contributed by atoms with van der Waals surface area (Å²) in [7, 11) is 0. The number of hydrogen-bond donors (Lipinski definition) is 1. The van der Waals surface area contributed by atoms with E-state index in [4.69, 9.17) is 4.52 Å². The predicted octanol–water partition coefficient (Wildman–Crippen LogP) is 2.93. The van der Waals surface area contributed by atoms with E-state index in [9.17, 15) is 13.2 Å². The highest BCUT2D eigenvalue weighted by molar-refractivity contribution is 5.31. The number of rotatable bonds is 5. The fourth-order valence-corrected chi connectivity index (χ4v) is 1.84. The van der Waals surface area contributed by atoms with Crippen LogP contribution in [0.25, 0.3) is 0 Å². The number of aryl methyl sites for hydroxylation is 2. The Labute approximate surface area is 120 Å². The number of benzene rings is 1. The van der Waals surface area contributed by atoms with Gasteiger partial charge < -0.3 is 9.84 Å². The summed E-state index contributed by atoms with van der Waals surface area (Å²) in [6.45, 7) is 2.86. The molecule has 114 valence electrons. The minimum atomic E-state index is -4.25. The lowest BCUT2D eigenvalue weighted by Gasteiger charge is -2.05. The summed E-state index contributed by atoms with van der Waals surface area (Å²) in [5, 5.41) is 5.99. The van der Waals surface area contributed by atoms with Crippen LogP contribution in [0.3, 0.4) is 0 Å². The molecule has 0 fully saturated rings. The molecule has 0 saturated carbocycles. The highest BCUT2D eigenvalue weighted by Gasteiger charge is 2.26. The van der Waals surface area contributed by atoms with E-state index in [1.165, 1.54) is 11.1 Å². The van der Waals surface area contributed by atoms with Crippen molar-refractivity contribution in [3.63, 3.8) is 0 Å². The lowest BCUT2D eigenvalue weighted by atomic mass is 10.0. The van der Waals surface area contributed by atoms with Gasteiger partial charge in [-0.25, -0.2) is 0 Å². The maximum atomic E-state index is 12.0. The van der Waals surface area contributed by atoms with Crippen molar-refractivity contribution in [1.82, 2.24) is 15.5 Å². The lowest BCUT2D eigenvalue weighted by molar-refractivity contribution is -0.125. The van der Waals surface area contributed by atoms with E-state index >= 15 is 0 Å². The van der Waals surface area contributed by atoms with Crippen LogP contribution >= 0.6 is 0 Å². The number of aromatic nitrogens is 2. The fourth-order valence-electron chi connectivity index (χ4n) is 1.84. The van der Waals surface area contributed by atoms with Gasteiger partial charge in [-0.3, -0.25) is 0 Å². The van der Waals surface area contributed by atoms with Crippen molar-refractivity contribution < 1.29 is 17.7 Å². The molecule has 21 heavy (non-hydrogen) atoms. The molecular weight excluding hydrogens is 283 g/mol. The number of hydrogen-bond acceptors (Lipinski definition) is 4. The first-order chi connectivity index (χ1) is 9.83. The molecule has 1 N–H and O–H groups in total. The van der Waals surface area contributed by atoms with Gasteiger partial charge in [0, 0.05) is 6.42 Å². The number of alkyl halides is 3. The van der Waals surface area contributed by atoms with Crippen molar-refractivity contribution in [3.8, 4) is 0 Å². The maximum Gasteiger partial charge on any atom is 0.401 e. The van der Waals surface area contributed by atoms with E-state index < -0.39 is 12.7 Å². The van der Waals surface area contributed by atoms with Crippen molar-refractivity contribution in [3.05, 3.63) is 46.6 Å². The van der Waals surface area contributed by atoms with E-state index in [1.807, 2.05) is 32.0 Å². The third kappa shape index (κ3) is 4.86. The van der Waals surface area contributed by atoms with E-state index in [1.54, 1.807) is 0 Å². The average Bonchev–Trinajstić information content (AvgIpc) is 2.80. The fraction of sp³-hybridized carbons (Fsp3) is 0.429. The molecule has 0 unspecified atom stereocenters. The zero-order valence-corrected chi connectivity index (χ0v) is 11.8. The Kier molecular flexibility index (Phi) is 4.62. The van der Waals surface area contributed by atoms with Gasteiger partial charge in [-0.2, -0.15) is 18.2 Å². The molecular formula is C14H16F3N3O. The smallest absolute Gasteiger partial charge is 0.338 e. The van der Waals surface area contributed by atoms with Crippen molar-refractivity contribution in [2.24, 2.45) is 0 Å². The molecule has 0 aliphatic heterocycles. The Bertz CT molecular complexity index is 608. The average molecular weight is 299 g/mol. The highest BCUT2D eigenvalue weighted by atomic mass is 19.4. The zero-order chi connectivity index (χ0) is 15.5. The van der Waals surface area contributed by atoms with Gasteiger partial charge in [0.2, 0.25) is 5.89 Å². The summed E-state index contributed by atoms with van der Waals surface area (Å²) < 4.78 is 40.9. The van der Waals surface area contributed by atoms with E-state index in [0.29, 0.717) is 12.2 Å². The monoisotopic (exact) mass is 299 g/mol. The van der Waals surface area contributed by atoms with Crippen molar-refractivity contribution in [1.29, 1.82) is 0 Å². The van der Waals surface area contributed by atoms with Gasteiger partial charge in [0.05, 0.1) is 13.1 Å². The molecule has 0 spiro atoms. The summed E-state index contributed by atoms with van der Waals surface area (Å²) in [6, 6.07) is 6.02. The van der Waals surface area contributed by atoms with Crippen LogP contribution in [0.15, 0.2) is 22.7 Å². The largest absolute Gasteiger partial charge is 0.401 e. The van der Waals surface area contributed by atoms with Gasteiger partial charge in [0.15, 0.2) is 5.82 Å². The Balaban J connectivity index is 1.92. The summed E-state index contributed by atoms with van der Waals surface area (Å²) in [4.78, 5) is 4.07. The SMILES string of the molecule is Cc1ccc(Cc2noc(CNCC(F)(F)F)n2)cc1C. The van der Waals surface area contributed by atoms with Crippen LogP contribution < -0.4 is 5.32 Å². The third-order valence-corrected chi connectivity index (χ3v) is 3.05. The van der Waals surface area contributed by atoms with Crippen LogP contribution in [-0.2, 0) is 13.0 Å². The molecule has 2 aromatic rings. The molecule has 1 aromatic carbocycles. The normalized spacial score (nSPS) is 11.9. The van der Waals surface area contributed by atoms with Gasteiger partial charge in [0.1, 0.15) is 0 Å². The van der Waals surface area contributed by atoms with Gasteiger partial charge >= 0.3 is 6.18 Å². The first kappa shape index (κ1) is 15.5. The highest BCUT2D eigenvalue weighted by Crippen LogP contribution is 2.14. The van der Waals surface area contributed by atoms with Gasteiger partial charge in [-0.15, -0.1) is 0 Å². The second-order valence-electron chi connectivity index (χ2n) is 4.92. The minimum Gasteiger partial charge on any atom is -0.338 e. The standard InChI is InChI=1S/C14H16F3N3O/c1-9-3-4-11(5-10(9)2)6-12-19-13(21-20-12)7-18-8-14(15,16)17/h3-5,18H,6-8H2,1-2H3. The zero-order valence-electron chi connectivity index (χ0n) is 11.8. The molecule has 4 nitrogen and oxygen atoms in total. The Morgan fingerprint density at radius 2 is 1.95 bits per heavy atom. The second kappa shape index (κ2) is 6.26. The number of halogens is 3. The van der Waals surface area contributed by atoms with Crippen LogP contribution in [0.1, 0.15) is 28.4 Å². The van der Waals surface area contributed by atoms with Gasteiger partial charge in [-0.1, -0.05) is 23.4 Å². The molecule has 7 heteroatoms. The van der Waals surface area contributed by atoms with Crippen LogP contribution in [0.4, 0.5) is 13.2 Å². The van der Waals surface area contributed by atoms with E-state index in [0.717, 1.165) is 5.56 Å². The predicted molar refractivity (Wildman–Crippen MR) is 70.8 cm³/mol. The van der Waals surface area contributed by atoms with Crippen LogP contribution in [0.2, 0.25) is 0 Å². The van der Waals surface area contributed by atoms with Gasteiger partial charge in [-0.05, 0) is 30.5 Å². The van der Waals surface area contributed by atoms with Crippen molar-refractivity contribution in [2.75, 3.05) is 6.54 Å². The maximum absolute atomic E-state index is 12.0. The number of nitrogens with zero attached hydrogens (tertiary/aromatic N) is 2. The molecule has 0 bridgehead atoms. The number of nitrogens with one attached hydrogen (secondary N) is 1. The second-order valence-corrected chi connectivity index (χ2v) is 4.92. The summed E-state index contributed by atoms with van der Waals surface area (Å²) in [6.07, 6.45) is -3.76. The molecule has 1 heterocycles. The first-order valence-corrected chi connectivity index (χ1v) is 6.48. The van der Waals surface area contributed by atoms with Crippen molar-refractivity contribution >= 4 is 0 Å². The summed E-state index contributed by atoms with van der Waals surface area (Å²) >= 11 is 0. The van der Waals surface area contributed by atoms with Gasteiger partial charge in [0.25, 0.3) is 0 Å². The van der Waals surface area contributed by atoms with E-state index in [-0.39, 0.29) is 12.4 Å². The molecule has 1 aromatic heterocycles. The molecule has 0 atom stereocenters. The minimum absolute atomic E-state index is 0.0978. The first-order valence-electron chi connectivity index (χ1n) is 6.48. The molecule has 0 aliphatic carbocycles. The Morgan fingerprint density at radius 1 is 1.19 bits per heavy atom. The van der Waals surface area contributed by atoms with Crippen LogP contribution in [0.5, 0.6) is 0 Å². The summed E-state index contributed by atoms with van der Waals surface area (Å²) in [5.74, 6) is 0.611. The van der Waals surface area contributed by atoms with Crippen molar-refractivity contribution in [2.45, 2.75) is 33.0 Å². The molecule has 0 amide bonds. The molecule has 0 aliphatic rings.